The first-order valence-corrected chi connectivity index (χ1v) is 8.71. The number of hydrogen-bond acceptors (Lipinski definition) is 5. The second-order valence-corrected chi connectivity index (χ2v) is 6.41. The van der Waals surface area contributed by atoms with Crippen molar-refractivity contribution in [2.45, 2.75) is 13.1 Å². The first-order chi connectivity index (χ1) is 13.8. The lowest BCUT2D eigenvalue weighted by Crippen LogP contribution is -2.35. The van der Waals surface area contributed by atoms with E-state index < -0.39 is 36.1 Å². The zero-order valence-corrected chi connectivity index (χ0v) is 15.6. The Kier molecular flexibility index (Phi) is 5.87. The van der Waals surface area contributed by atoms with Crippen molar-refractivity contribution in [3.05, 3.63) is 80.6 Å². The van der Waals surface area contributed by atoms with Gasteiger partial charge < -0.3 is 9.64 Å². The Balaban J connectivity index is 1.60. The molecule has 0 radical (unpaired) electrons. The number of amides is 1. The number of carbonyl (C=O) groups excluding carboxylic acids is 2. The minimum atomic E-state index is -0.846. The van der Waals surface area contributed by atoms with Crippen LogP contribution in [0.2, 0.25) is 0 Å². The minimum Gasteiger partial charge on any atom is -0.454 e. The van der Waals surface area contributed by atoms with Gasteiger partial charge in [0, 0.05) is 13.6 Å². The molecule has 0 spiro atoms. The number of likely N-dealkylation sites (N-methyl/N-ethyl adjacent to an activating group) is 1. The average Bonchev–Trinajstić information content (AvgIpc) is 2.71. The van der Waals surface area contributed by atoms with Crippen molar-refractivity contribution < 1.29 is 18.7 Å². The third kappa shape index (κ3) is 4.75. The fourth-order valence-corrected chi connectivity index (χ4v) is 2.74. The Morgan fingerprint density at radius 1 is 1.07 bits per heavy atom. The van der Waals surface area contributed by atoms with Crippen molar-refractivity contribution >= 4 is 22.6 Å². The molecule has 9 heteroatoms. The van der Waals surface area contributed by atoms with Crippen LogP contribution in [0, 0.1) is 5.82 Å². The average molecular weight is 399 g/mol. The van der Waals surface area contributed by atoms with Crippen LogP contribution in [0.5, 0.6) is 0 Å². The molecule has 0 fully saturated rings. The van der Waals surface area contributed by atoms with Crippen molar-refractivity contribution in [2.75, 3.05) is 13.7 Å². The molecular formula is C20H18FN3O5. The fraction of sp³-hybridized carbons (Fsp3) is 0.200. The molecule has 1 aromatic heterocycles. The van der Waals surface area contributed by atoms with E-state index in [2.05, 4.69) is 5.10 Å². The summed E-state index contributed by atoms with van der Waals surface area (Å²) < 4.78 is 18.7. The number of fused-ring (bicyclic) bond motifs is 1. The first-order valence-electron chi connectivity index (χ1n) is 8.71. The number of H-pyrrole nitrogens is 1. The van der Waals surface area contributed by atoms with Gasteiger partial charge in [-0.2, -0.15) is 0 Å². The molecule has 0 saturated heterocycles. The molecule has 0 bridgehead atoms. The monoisotopic (exact) mass is 399 g/mol. The van der Waals surface area contributed by atoms with Gasteiger partial charge in [0.2, 0.25) is 0 Å². The van der Waals surface area contributed by atoms with Crippen molar-refractivity contribution in [2.24, 2.45) is 0 Å². The van der Waals surface area contributed by atoms with E-state index in [4.69, 9.17) is 4.74 Å². The number of aromatic amines is 1. The normalized spacial score (nSPS) is 10.7. The molecule has 0 saturated carbocycles. The van der Waals surface area contributed by atoms with Gasteiger partial charge in [0.1, 0.15) is 12.4 Å². The molecule has 8 nitrogen and oxygen atoms in total. The van der Waals surface area contributed by atoms with Crippen molar-refractivity contribution in [1.29, 1.82) is 0 Å². The lowest BCUT2D eigenvalue weighted by molar-refractivity contribution is -0.152. The zero-order chi connectivity index (χ0) is 21.0. The smallest absolute Gasteiger partial charge is 0.328 e. The molecule has 0 aliphatic heterocycles. The molecule has 1 N–H and O–H groups in total. The fourth-order valence-electron chi connectivity index (χ4n) is 2.74. The van der Waals surface area contributed by atoms with Gasteiger partial charge in [0.05, 0.1) is 10.8 Å². The first kappa shape index (κ1) is 20.0. The number of halogens is 1. The summed E-state index contributed by atoms with van der Waals surface area (Å²) in [6, 6.07) is 11.9. The van der Waals surface area contributed by atoms with E-state index in [0.717, 1.165) is 4.68 Å². The van der Waals surface area contributed by atoms with Crippen LogP contribution in [0.1, 0.15) is 5.56 Å². The van der Waals surface area contributed by atoms with Crippen molar-refractivity contribution in [1.82, 2.24) is 14.7 Å². The van der Waals surface area contributed by atoms with E-state index in [1.165, 1.54) is 36.2 Å². The number of benzene rings is 2. The second-order valence-electron chi connectivity index (χ2n) is 6.41. The highest BCUT2D eigenvalue weighted by Gasteiger charge is 2.15. The van der Waals surface area contributed by atoms with E-state index in [1.54, 1.807) is 24.3 Å². The van der Waals surface area contributed by atoms with Crippen molar-refractivity contribution in [3.63, 3.8) is 0 Å². The number of hydrogen-bond donors (Lipinski definition) is 1. The summed E-state index contributed by atoms with van der Waals surface area (Å²) in [5.74, 6) is -1.69. The second kappa shape index (κ2) is 8.51. The lowest BCUT2D eigenvalue weighted by atomic mass is 10.2. The quantitative estimate of drug-likeness (QED) is 0.624. The van der Waals surface area contributed by atoms with Gasteiger partial charge in [-0.15, -0.1) is 0 Å². The molecule has 0 aliphatic rings. The Labute approximate surface area is 164 Å². The van der Waals surface area contributed by atoms with Gasteiger partial charge in [0.25, 0.3) is 17.0 Å². The maximum absolute atomic E-state index is 12.9. The highest BCUT2D eigenvalue weighted by Crippen LogP contribution is 2.06. The van der Waals surface area contributed by atoms with Gasteiger partial charge in [-0.25, -0.2) is 9.07 Å². The lowest BCUT2D eigenvalue weighted by Gasteiger charge is -2.17. The molecule has 1 heterocycles. The van der Waals surface area contributed by atoms with Crippen LogP contribution in [0.4, 0.5) is 4.39 Å². The third-order valence-electron chi connectivity index (χ3n) is 4.29. The topological polar surface area (TPSA) is 101 Å². The van der Waals surface area contributed by atoms with Gasteiger partial charge in [-0.05, 0) is 29.8 Å². The molecule has 29 heavy (non-hydrogen) atoms. The zero-order valence-electron chi connectivity index (χ0n) is 15.6. The molecule has 3 rings (SSSR count). The highest BCUT2D eigenvalue weighted by molar-refractivity contribution is 5.81. The molecule has 150 valence electrons. The SMILES string of the molecule is CN(Cc1ccc(F)cc1)C(=O)COC(=O)Cn1[nH]c(=O)c2ccccc2c1=O. The molecule has 0 atom stereocenters. The minimum absolute atomic E-state index is 0.180. The molecule has 0 aliphatic carbocycles. The van der Waals surface area contributed by atoms with E-state index in [1.807, 2.05) is 0 Å². The van der Waals surface area contributed by atoms with E-state index >= 15 is 0 Å². The number of aromatic nitrogens is 2. The van der Waals surface area contributed by atoms with E-state index in [9.17, 15) is 23.6 Å². The number of rotatable bonds is 6. The molecule has 1 amide bonds. The summed E-state index contributed by atoms with van der Waals surface area (Å²) in [5, 5.41) is 2.72. The van der Waals surface area contributed by atoms with Crippen molar-refractivity contribution in [3.8, 4) is 0 Å². The number of ether oxygens (including phenoxy) is 1. The summed E-state index contributed by atoms with van der Waals surface area (Å²) in [6.45, 7) is -0.842. The van der Waals surface area contributed by atoms with Crippen LogP contribution in [0.15, 0.2) is 58.1 Å². The number of nitrogens with one attached hydrogen (secondary N) is 1. The summed E-state index contributed by atoms with van der Waals surface area (Å²) in [7, 11) is 1.52. The Hall–Kier alpha value is -3.75. The van der Waals surface area contributed by atoms with Gasteiger partial charge in [-0.1, -0.05) is 24.3 Å². The van der Waals surface area contributed by atoms with E-state index in [-0.39, 0.29) is 23.1 Å². The Bertz CT molecular complexity index is 1170. The van der Waals surface area contributed by atoms with Gasteiger partial charge in [0.15, 0.2) is 6.61 Å². The summed E-state index contributed by atoms with van der Waals surface area (Å²) in [5.41, 5.74) is -0.339. The largest absolute Gasteiger partial charge is 0.454 e. The highest BCUT2D eigenvalue weighted by atomic mass is 19.1. The predicted octanol–water partition coefficient (Wildman–Crippen LogP) is 1.03. The summed E-state index contributed by atoms with van der Waals surface area (Å²) >= 11 is 0. The summed E-state index contributed by atoms with van der Waals surface area (Å²) in [6.07, 6.45) is 0. The maximum atomic E-state index is 12.9. The van der Waals surface area contributed by atoms with Crippen LogP contribution < -0.4 is 11.1 Å². The molecule has 0 unspecified atom stereocenters. The number of nitrogens with zero attached hydrogens (tertiary/aromatic N) is 2. The number of carbonyl (C=O) groups is 2. The van der Waals surface area contributed by atoms with Gasteiger partial charge in [-0.3, -0.25) is 24.3 Å². The standard InChI is InChI=1S/C20H18FN3O5/c1-23(10-13-6-8-14(21)9-7-13)17(25)12-29-18(26)11-24-20(28)16-5-3-2-4-15(16)19(27)22-24/h2-9H,10-12H2,1H3,(H,22,27). The van der Waals surface area contributed by atoms with Crippen LogP contribution in [-0.2, 0) is 27.4 Å². The van der Waals surface area contributed by atoms with Crippen LogP contribution in [-0.4, -0.2) is 40.2 Å². The molecule has 3 aromatic rings. The Morgan fingerprint density at radius 3 is 2.41 bits per heavy atom. The molecule has 2 aromatic carbocycles. The Morgan fingerprint density at radius 2 is 1.72 bits per heavy atom. The molecular weight excluding hydrogens is 381 g/mol. The third-order valence-corrected chi connectivity index (χ3v) is 4.29. The van der Waals surface area contributed by atoms with Gasteiger partial charge >= 0.3 is 5.97 Å². The van der Waals surface area contributed by atoms with Crippen LogP contribution in [0.25, 0.3) is 10.8 Å². The van der Waals surface area contributed by atoms with Crippen LogP contribution in [0.3, 0.4) is 0 Å². The summed E-state index contributed by atoms with van der Waals surface area (Å²) in [4.78, 5) is 49.9. The predicted molar refractivity (Wildman–Crippen MR) is 103 cm³/mol. The van der Waals surface area contributed by atoms with E-state index in [0.29, 0.717) is 5.56 Å². The number of esters is 1. The maximum Gasteiger partial charge on any atom is 0.328 e. The van der Waals surface area contributed by atoms with Crippen LogP contribution >= 0.6 is 0 Å².